The van der Waals surface area contributed by atoms with Gasteiger partial charge in [-0.05, 0) is 42.0 Å². The molecule has 2 unspecified atom stereocenters. The van der Waals surface area contributed by atoms with Crippen molar-refractivity contribution >= 4 is 27.7 Å². The molecule has 1 fully saturated rings. The summed E-state index contributed by atoms with van der Waals surface area (Å²) in [4.78, 5) is 15.5. The first kappa shape index (κ1) is 20.7. The average Bonchev–Trinajstić information content (AvgIpc) is 2.72. The SMILES string of the molecule is CS(=O)c1ccc(C2CCN(C(=O)OCc3ccccc3)CC2)c(S(C)=O)c1. The molecule has 1 aliphatic rings. The van der Waals surface area contributed by atoms with Crippen molar-refractivity contribution in [1.29, 1.82) is 0 Å². The Labute approximate surface area is 171 Å². The molecule has 0 saturated carbocycles. The Balaban J connectivity index is 1.61. The van der Waals surface area contributed by atoms with Gasteiger partial charge in [0.1, 0.15) is 6.61 Å². The summed E-state index contributed by atoms with van der Waals surface area (Å²) in [6.07, 6.45) is 4.56. The topological polar surface area (TPSA) is 63.7 Å². The normalized spacial score (nSPS) is 17.1. The van der Waals surface area contributed by atoms with E-state index >= 15 is 0 Å². The number of hydrogen-bond acceptors (Lipinski definition) is 4. The molecule has 3 rings (SSSR count). The fourth-order valence-electron chi connectivity index (χ4n) is 3.46. The molecule has 1 heterocycles. The molecule has 2 aromatic rings. The van der Waals surface area contributed by atoms with Gasteiger partial charge in [0.05, 0.1) is 10.8 Å². The van der Waals surface area contributed by atoms with Crippen molar-refractivity contribution in [2.45, 2.75) is 35.2 Å². The summed E-state index contributed by atoms with van der Waals surface area (Å²) in [5.41, 5.74) is 2.00. The zero-order valence-electron chi connectivity index (χ0n) is 16.1. The summed E-state index contributed by atoms with van der Waals surface area (Å²) < 4.78 is 29.4. The molecular formula is C21H25NO4S2. The molecule has 7 heteroatoms. The Bertz CT molecular complexity index is 877. The minimum absolute atomic E-state index is 0.233. The summed E-state index contributed by atoms with van der Waals surface area (Å²) >= 11 is 0. The fraction of sp³-hybridized carbons (Fsp3) is 0.381. The molecule has 0 radical (unpaired) electrons. The molecule has 0 N–H and O–H groups in total. The van der Waals surface area contributed by atoms with Gasteiger partial charge in [0.25, 0.3) is 0 Å². The van der Waals surface area contributed by atoms with Crippen molar-refractivity contribution in [1.82, 2.24) is 4.90 Å². The Hall–Kier alpha value is -1.99. The first-order chi connectivity index (χ1) is 13.5. The number of hydrogen-bond donors (Lipinski definition) is 0. The van der Waals surface area contributed by atoms with E-state index in [0.717, 1.165) is 28.9 Å². The van der Waals surface area contributed by atoms with Gasteiger partial charge in [0.15, 0.2) is 0 Å². The van der Waals surface area contributed by atoms with E-state index in [0.29, 0.717) is 18.0 Å². The standard InChI is InChI=1S/C21H25NO4S2/c1-27(24)18-8-9-19(20(14-18)28(2)25)17-10-12-22(13-11-17)21(23)26-15-16-6-4-3-5-7-16/h3-9,14,17H,10-13,15H2,1-2H3. The highest BCUT2D eigenvalue weighted by atomic mass is 32.2. The quantitative estimate of drug-likeness (QED) is 0.742. The lowest BCUT2D eigenvalue weighted by atomic mass is 9.89. The molecule has 150 valence electrons. The number of carbonyl (C=O) groups is 1. The first-order valence-corrected chi connectivity index (χ1v) is 12.3. The van der Waals surface area contributed by atoms with E-state index in [1.165, 1.54) is 0 Å². The van der Waals surface area contributed by atoms with Crippen molar-refractivity contribution in [3.63, 3.8) is 0 Å². The minimum atomic E-state index is -1.15. The molecule has 1 amide bonds. The number of benzene rings is 2. The molecule has 0 aromatic heterocycles. The van der Waals surface area contributed by atoms with Crippen LogP contribution >= 0.6 is 0 Å². The van der Waals surface area contributed by atoms with Crippen LogP contribution in [-0.2, 0) is 32.9 Å². The molecule has 2 atom stereocenters. The molecule has 1 aliphatic heterocycles. The third kappa shape index (κ3) is 5.08. The zero-order valence-corrected chi connectivity index (χ0v) is 17.8. The highest BCUT2D eigenvalue weighted by molar-refractivity contribution is 7.85. The van der Waals surface area contributed by atoms with Gasteiger partial charge < -0.3 is 9.64 Å². The van der Waals surface area contributed by atoms with Crippen LogP contribution in [0.4, 0.5) is 4.79 Å². The summed E-state index contributed by atoms with van der Waals surface area (Å²) in [6, 6.07) is 15.2. The van der Waals surface area contributed by atoms with Crippen molar-refractivity contribution in [3.05, 3.63) is 59.7 Å². The van der Waals surface area contributed by atoms with Crippen LogP contribution in [0.25, 0.3) is 0 Å². The highest BCUT2D eigenvalue weighted by Crippen LogP contribution is 2.33. The maximum Gasteiger partial charge on any atom is 0.410 e. The van der Waals surface area contributed by atoms with Gasteiger partial charge in [-0.25, -0.2) is 4.79 Å². The van der Waals surface area contributed by atoms with Gasteiger partial charge in [-0.1, -0.05) is 36.4 Å². The molecule has 0 spiro atoms. The molecule has 0 aliphatic carbocycles. The summed E-state index contributed by atoms with van der Waals surface area (Å²) in [5, 5.41) is 0. The van der Waals surface area contributed by atoms with Crippen molar-refractivity contribution < 1.29 is 17.9 Å². The Morgan fingerprint density at radius 1 is 1.04 bits per heavy atom. The largest absolute Gasteiger partial charge is 0.445 e. The van der Waals surface area contributed by atoms with Crippen molar-refractivity contribution in [2.24, 2.45) is 0 Å². The Morgan fingerprint density at radius 2 is 1.71 bits per heavy atom. The Morgan fingerprint density at radius 3 is 2.32 bits per heavy atom. The van der Waals surface area contributed by atoms with Crippen LogP contribution < -0.4 is 0 Å². The number of likely N-dealkylation sites (tertiary alicyclic amines) is 1. The lowest BCUT2D eigenvalue weighted by molar-refractivity contribution is 0.0869. The molecule has 28 heavy (non-hydrogen) atoms. The van der Waals surface area contributed by atoms with Crippen LogP contribution in [0.1, 0.15) is 29.9 Å². The predicted molar refractivity (Wildman–Crippen MR) is 111 cm³/mol. The molecule has 1 saturated heterocycles. The zero-order chi connectivity index (χ0) is 20.1. The lowest BCUT2D eigenvalue weighted by Gasteiger charge is -2.32. The van der Waals surface area contributed by atoms with Crippen LogP contribution in [-0.4, -0.2) is 45.0 Å². The number of ether oxygens (including phenoxy) is 1. The second-order valence-electron chi connectivity index (χ2n) is 6.91. The van der Waals surface area contributed by atoms with Gasteiger partial charge in [-0.3, -0.25) is 8.42 Å². The second-order valence-corrected chi connectivity index (χ2v) is 9.64. The minimum Gasteiger partial charge on any atom is -0.445 e. The van der Waals surface area contributed by atoms with E-state index in [1.54, 1.807) is 23.5 Å². The van der Waals surface area contributed by atoms with E-state index in [1.807, 2.05) is 42.5 Å². The number of amides is 1. The summed E-state index contributed by atoms with van der Waals surface area (Å²) in [6.45, 7) is 1.49. The maximum atomic E-state index is 12.3. The first-order valence-electron chi connectivity index (χ1n) is 9.22. The van der Waals surface area contributed by atoms with E-state index < -0.39 is 21.6 Å². The van der Waals surface area contributed by atoms with Crippen LogP contribution in [0.2, 0.25) is 0 Å². The monoisotopic (exact) mass is 419 g/mol. The van der Waals surface area contributed by atoms with Gasteiger partial charge in [0, 0.05) is 46.2 Å². The van der Waals surface area contributed by atoms with E-state index in [4.69, 9.17) is 4.74 Å². The number of piperidine rings is 1. The average molecular weight is 420 g/mol. The molecule has 2 aromatic carbocycles. The highest BCUT2D eigenvalue weighted by Gasteiger charge is 2.27. The van der Waals surface area contributed by atoms with E-state index in [2.05, 4.69) is 0 Å². The third-order valence-corrected chi connectivity index (χ3v) is 6.92. The smallest absolute Gasteiger partial charge is 0.410 e. The van der Waals surface area contributed by atoms with Crippen LogP contribution in [0.5, 0.6) is 0 Å². The number of nitrogens with zero attached hydrogens (tertiary/aromatic N) is 1. The van der Waals surface area contributed by atoms with Crippen molar-refractivity contribution in [3.8, 4) is 0 Å². The van der Waals surface area contributed by atoms with Crippen LogP contribution in [0, 0.1) is 0 Å². The van der Waals surface area contributed by atoms with E-state index in [-0.39, 0.29) is 18.6 Å². The van der Waals surface area contributed by atoms with Crippen LogP contribution in [0.15, 0.2) is 58.3 Å². The fourth-order valence-corrected chi connectivity index (χ4v) is 4.94. The van der Waals surface area contributed by atoms with Gasteiger partial charge in [-0.15, -0.1) is 0 Å². The van der Waals surface area contributed by atoms with Crippen LogP contribution in [0.3, 0.4) is 0 Å². The number of rotatable bonds is 5. The molecular weight excluding hydrogens is 394 g/mol. The van der Waals surface area contributed by atoms with Gasteiger partial charge >= 0.3 is 6.09 Å². The van der Waals surface area contributed by atoms with Gasteiger partial charge in [0.2, 0.25) is 0 Å². The number of carbonyl (C=O) groups excluding carboxylic acids is 1. The Kier molecular flexibility index (Phi) is 7.02. The maximum absolute atomic E-state index is 12.3. The lowest BCUT2D eigenvalue weighted by Crippen LogP contribution is -2.38. The molecule has 0 bridgehead atoms. The van der Waals surface area contributed by atoms with E-state index in [9.17, 15) is 13.2 Å². The molecule has 5 nitrogen and oxygen atoms in total. The second kappa shape index (κ2) is 9.47. The van der Waals surface area contributed by atoms with Crippen molar-refractivity contribution in [2.75, 3.05) is 25.6 Å². The predicted octanol–water partition coefficient (Wildman–Crippen LogP) is 3.68. The van der Waals surface area contributed by atoms with Gasteiger partial charge in [-0.2, -0.15) is 0 Å². The summed E-state index contributed by atoms with van der Waals surface area (Å²) in [5.74, 6) is 0.233. The third-order valence-electron chi connectivity index (χ3n) is 5.02. The summed E-state index contributed by atoms with van der Waals surface area (Å²) in [7, 11) is -2.25.